The van der Waals surface area contributed by atoms with Gasteiger partial charge in [0.2, 0.25) is 0 Å². The summed E-state index contributed by atoms with van der Waals surface area (Å²) in [7, 11) is 0. The van der Waals surface area contributed by atoms with Gasteiger partial charge in [0, 0.05) is 18.9 Å². The normalized spacial score (nSPS) is 9.83. The molecule has 0 aromatic heterocycles. The van der Waals surface area contributed by atoms with E-state index < -0.39 is 14.5 Å². The van der Waals surface area contributed by atoms with Gasteiger partial charge in [-0.3, -0.25) is 0 Å². The molecule has 0 aliphatic heterocycles. The van der Waals surface area contributed by atoms with Crippen LogP contribution in [0, 0.1) is 0 Å². The zero-order valence-corrected chi connectivity index (χ0v) is 5.07. The van der Waals surface area contributed by atoms with Crippen LogP contribution in [0.5, 0.6) is 0 Å². The van der Waals surface area contributed by atoms with Crippen LogP contribution in [0.1, 0.15) is 0 Å². The second-order valence-corrected chi connectivity index (χ2v) is 2.67. The summed E-state index contributed by atoms with van der Waals surface area (Å²) >= 11 is -5.12. The Hall–Kier alpha value is 0.836. The number of hydrogen-bond donors (Lipinski definition) is 3. The molecule has 0 aromatic rings. The molecule has 0 rings (SSSR count). The van der Waals surface area contributed by atoms with Crippen molar-refractivity contribution < 1.29 is 16.0 Å². The molecule has 0 fully saturated rings. The summed E-state index contributed by atoms with van der Waals surface area (Å²) in [5, 5.41) is 0. The van der Waals surface area contributed by atoms with Gasteiger partial charge in [-0.25, -0.2) is 0 Å². The van der Waals surface area contributed by atoms with Gasteiger partial charge >= 0.3 is 30.5 Å². The van der Waals surface area contributed by atoms with Crippen LogP contribution in [0.2, 0.25) is 0 Å². The maximum Gasteiger partial charge on any atom is 0 e. The zero-order chi connectivity index (χ0) is 4.50. The second kappa shape index (κ2) is 2.92. The first-order valence-corrected chi connectivity index (χ1v) is 4.07. The standard InChI is InChI=1S/AsH3O4.Li/c2-1(3,4)5;/h(H3,2,3,4,5);. The molecule has 0 atom stereocenters. The number of hydrogen-bond acceptors (Lipinski definition) is 1. The van der Waals surface area contributed by atoms with Crippen molar-refractivity contribution in [1.82, 2.24) is 0 Å². The smallest absolute Gasteiger partial charge is 0 e. The van der Waals surface area contributed by atoms with E-state index in [0.717, 1.165) is 0 Å². The fourth-order valence-electron chi connectivity index (χ4n) is 0. The molecule has 0 unspecified atom stereocenters. The average molecular weight is 149 g/mol. The van der Waals surface area contributed by atoms with Crippen LogP contribution >= 0.6 is 0 Å². The summed E-state index contributed by atoms with van der Waals surface area (Å²) in [5.41, 5.74) is 0. The van der Waals surface area contributed by atoms with Gasteiger partial charge in [0.1, 0.15) is 0 Å². The quantitative estimate of drug-likeness (QED) is 0.331. The molecule has 4 nitrogen and oxygen atoms in total. The molecule has 0 aliphatic carbocycles. The predicted molar refractivity (Wildman–Crippen MR) is 18.9 cm³/mol. The van der Waals surface area contributed by atoms with Gasteiger partial charge in [-0.05, 0) is 0 Å². The van der Waals surface area contributed by atoms with Gasteiger partial charge in [-0.1, -0.05) is 0 Å². The van der Waals surface area contributed by atoms with E-state index in [4.69, 9.17) is 16.0 Å². The van der Waals surface area contributed by atoms with E-state index >= 15 is 0 Å². The number of rotatable bonds is 0. The molecule has 1 radical (unpaired) electrons. The van der Waals surface area contributed by atoms with Crippen molar-refractivity contribution in [1.29, 1.82) is 0 Å². The van der Waals surface area contributed by atoms with E-state index in [1.54, 1.807) is 0 Å². The van der Waals surface area contributed by atoms with Crippen LogP contribution in [-0.2, 0) is 3.74 Å². The van der Waals surface area contributed by atoms with E-state index in [-0.39, 0.29) is 18.9 Å². The Bertz CT molecular complexity index is 53.7. The summed E-state index contributed by atoms with van der Waals surface area (Å²) in [6.07, 6.45) is 0. The molecule has 0 saturated heterocycles. The van der Waals surface area contributed by atoms with Crippen LogP contribution < -0.4 is 0 Å². The molecule has 0 spiro atoms. The summed E-state index contributed by atoms with van der Waals surface area (Å²) in [4.78, 5) is 0. The van der Waals surface area contributed by atoms with Gasteiger partial charge < -0.3 is 0 Å². The summed E-state index contributed by atoms with van der Waals surface area (Å²) in [6.45, 7) is 0. The Kier molecular flexibility index (Phi) is 4.85. The molecule has 6 heavy (non-hydrogen) atoms. The summed E-state index contributed by atoms with van der Waals surface area (Å²) in [5.74, 6) is 0. The fraction of sp³-hybridized carbons (Fsp3) is 0. The Morgan fingerprint density at radius 1 is 1.17 bits per heavy atom. The van der Waals surface area contributed by atoms with Crippen LogP contribution in [0.15, 0.2) is 0 Å². The van der Waals surface area contributed by atoms with E-state index in [1.165, 1.54) is 0 Å². The summed E-state index contributed by atoms with van der Waals surface area (Å²) < 4.78 is 30.7. The first kappa shape index (κ1) is 9.96. The van der Waals surface area contributed by atoms with Crippen molar-refractivity contribution >= 4 is 33.4 Å². The third-order valence-electron chi connectivity index (χ3n) is 0. The van der Waals surface area contributed by atoms with Crippen LogP contribution in [0.4, 0.5) is 0 Å². The van der Waals surface area contributed by atoms with Crippen LogP contribution in [0.3, 0.4) is 0 Å². The van der Waals surface area contributed by atoms with Gasteiger partial charge in [0.05, 0.1) is 0 Å². The van der Waals surface area contributed by atoms with Gasteiger partial charge in [-0.15, -0.1) is 0 Å². The molecule has 0 saturated carbocycles. The molecule has 3 N–H and O–H groups in total. The Labute approximate surface area is 49.7 Å². The monoisotopic (exact) mass is 149 g/mol. The third kappa shape index (κ3) is 102. The van der Waals surface area contributed by atoms with E-state index in [9.17, 15) is 0 Å². The molecule has 0 amide bonds. The topological polar surface area (TPSA) is 77.8 Å². The van der Waals surface area contributed by atoms with E-state index in [2.05, 4.69) is 0 Å². The van der Waals surface area contributed by atoms with Gasteiger partial charge in [0.25, 0.3) is 0 Å². The Morgan fingerprint density at radius 2 is 1.17 bits per heavy atom. The Morgan fingerprint density at radius 3 is 1.17 bits per heavy atom. The molecule has 0 bridgehead atoms. The maximum absolute atomic E-state index is 8.94. The van der Waals surface area contributed by atoms with Crippen LogP contribution in [-0.4, -0.2) is 45.7 Å². The third-order valence-corrected chi connectivity index (χ3v) is 0. The minimum absolute atomic E-state index is 0. The fourth-order valence-corrected chi connectivity index (χ4v) is 0. The molecule has 0 aromatic carbocycles. The van der Waals surface area contributed by atoms with Crippen molar-refractivity contribution in [3.63, 3.8) is 0 Å². The van der Waals surface area contributed by atoms with Crippen LogP contribution in [0.25, 0.3) is 0 Å². The summed E-state index contributed by atoms with van der Waals surface area (Å²) in [6, 6.07) is 0. The Balaban J connectivity index is 0. The predicted octanol–water partition coefficient (Wildman–Crippen LogP) is -2.55. The van der Waals surface area contributed by atoms with Crippen molar-refractivity contribution in [2.75, 3.05) is 0 Å². The van der Waals surface area contributed by atoms with Gasteiger partial charge in [0.15, 0.2) is 0 Å². The minimum Gasteiger partial charge on any atom is 0 e. The first-order chi connectivity index (χ1) is 2.00. The van der Waals surface area contributed by atoms with E-state index in [0.29, 0.717) is 0 Å². The molecular weight excluding hydrogens is 146 g/mol. The molecule has 0 aliphatic rings. The van der Waals surface area contributed by atoms with Crippen molar-refractivity contribution in [3.05, 3.63) is 0 Å². The first-order valence-electron chi connectivity index (χ1n) is 0.783. The molecule has 33 valence electrons. The van der Waals surface area contributed by atoms with Crippen molar-refractivity contribution in [2.45, 2.75) is 0 Å². The molecular formula is H3AsLiO4. The zero-order valence-electron chi connectivity index (χ0n) is 3.20. The maximum atomic E-state index is 8.94. The van der Waals surface area contributed by atoms with Gasteiger partial charge in [-0.2, -0.15) is 0 Å². The minimum atomic E-state index is -5.12. The molecule has 6 heteroatoms. The van der Waals surface area contributed by atoms with E-state index in [1.807, 2.05) is 0 Å². The van der Waals surface area contributed by atoms with Crippen molar-refractivity contribution in [3.8, 4) is 0 Å². The molecule has 0 heterocycles. The van der Waals surface area contributed by atoms with Crippen molar-refractivity contribution in [2.24, 2.45) is 0 Å². The average Bonchev–Trinajstić information content (AvgIpc) is 0.722. The SMILES string of the molecule is O=[As](O)(O)O.[Li]. The largest absolute Gasteiger partial charge is 0 e. The second-order valence-electron chi connectivity index (χ2n) is 0.513.